The SMILES string of the molecule is C=C(O)C(C)(C(CCOC)N(C)C=NC)N1[B]N(C)c2ccccc21. The zero-order valence-electron chi connectivity index (χ0n) is 15.8. The van der Waals surface area contributed by atoms with E-state index in [4.69, 9.17) is 4.74 Å². The molecule has 2 unspecified atom stereocenters. The van der Waals surface area contributed by atoms with Crippen LogP contribution in [0.5, 0.6) is 0 Å². The first-order valence-corrected chi connectivity index (χ1v) is 8.35. The number of hydrogen-bond donors (Lipinski definition) is 1. The molecular formula is C18H28BN4O2. The van der Waals surface area contributed by atoms with Crippen LogP contribution in [0.15, 0.2) is 41.6 Å². The lowest BCUT2D eigenvalue weighted by Gasteiger charge is -2.48. The zero-order valence-corrected chi connectivity index (χ0v) is 15.8. The molecule has 0 saturated carbocycles. The number of likely N-dealkylation sites (N-methyl/N-ethyl adjacent to an activating group) is 1. The third-order valence-electron chi connectivity index (χ3n) is 4.93. The molecule has 1 radical (unpaired) electrons. The van der Waals surface area contributed by atoms with Gasteiger partial charge in [0.15, 0.2) is 0 Å². The van der Waals surface area contributed by atoms with Crippen molar-refractivity contribution >= 4 is 25.3 Å². The standard InChI is InChI=1S/C18H28BN4O2/c1-14(24)18(2,17(11-12-25-6)21(4)13-20-3)23-16-10-8-7-9-15(16)22(5)19-23/h7-10,13,17,24H,1,11-12H2,2-6H3. The van der Waals surface area contributed by atoms with Gasteiger partial charge in [0.25, 0.3) is 0 Å². The second-order valence-electron chi connectivity index (χ2n) is 6.52. The molecule has 0 aromatic heterocycles. The Morgan fingerprint density at radius 3 is 2.68 bits per heavy atom. The fraction of sp³-hybridized carbons (Fsp3) is 0.500. The summed E-state index contributed by atoms with van der Waals surface area (Å²) in [6.07, 6.45) is 2.48. The van der Waals surface area contributed by atoms with Gasteiger partial charge in [0.05, 0.1) is 12.4 Å². The van der Waals surface area contributed by atoms with Crippen molar-refractivity contribution in [2.75, 3.05) is 44.5 Å². The number of benzene rings is 1. The summed E-state index contributed by atoms with van der Waals surface area (Å²) >= 11 is 0. The highest BCUT2D eigenvalue weighted by Crippen LogP contribution is 2.42. The molecule has 1 aromatic rings. The topological polar surface area (TPSA) is 51.5 Å². The van der Waals surface area contributed by atoms with Gasteiger partial charge in [-0.05, 0) is 32.5 Å². The van der Waals surface area contributed by atoms with Crippen LogP contribution < -0.4 is 9.62 Å². The fourth-order valence-electron chi connectivity index (χ4n) is 3.50. The lowest BCUT2D eigenvalue weighted by molar-refractivity contribution is 0.136. The molecule has 2 rings (SSSR count). The van der Waals surface area contributed by atoms with E-state index in [1.54, 1.807) is 20.5 Å². The van der Waals surface area contributed by atoms with E-state index in [9.17, 15) is 5.11 Å². The number of nitrogens with zero attached hydrogens (tertiary/aromatic N) is 4. The Kier molecular flexibility index (Phi) is 6.00. The predicted octanol–water partition coefficient (Wildman–Crippen LogP) is 2.30. The molecule has 1 N–H and O–H groups in total. The molecule has 0 spiro atoms. The quantitative estimate of drug-likeness (QED) is 0.340. The monoisotopic (exact) mass is 343 g/mol. The highest BCUT2D eigenvalue weighted by Gasteiger charge is 2.48. The number of para-hydroxylation sites is 2. The minimum Gasteiger partial charge on any atom is -0.510 e. The number of methoxy groups -OCH3 is 1. The molecule has 0 bridgehead atoms. The van der Waals surface area contributed by atoms with E-state index < -0.39 is 5.54 Å². The predicted molar refractivity (Wildman–Crippen MR) is 106 cm³/mol. The molecule has 1 aromatic carbocycles. The van der Waals surface area contributed by atoms with Gasteiger partial charge in [-0.15, -0.1) is 0 Å². The molecule has 0 saturated heterocycles. The van der Waals surface area contributed by atoms with Crippen molar-refractivity contribution in [1.82, 2.24) is 4.90 Å². The molecular weight excluding hydrogens is 315 g/mol. The van der Waals surface area contributed by atoms with Gasteiger partial charge in [0.2, 0.25) is 0 Å². The maximum atomic E-state index is 10.6. The molecule has 135 valence electrons. The van der Waals surface area contributed by atoms with Gasteiger partial charge in [-0.3, -0.25) is 4.99 Å². The second-order valence-corrected chi connectivity index (χ2v) is 6.52. The Labute approximate surface area is 151 Å². The van der Waals surface area contributed by atoms with Gasteiger partial charge in [-0.25, -0.2) is 0 Å². The van der Waals surface area contributed by atoms with Crippen LogP contribution in [0.3, 0.4) is 0 Å². The summed E-state index contributed by atoms with van der Waals surface area (Å²) in [5, 5.41) is 10.6. The third kappa shape index (κ3) is 3.47. The Morgan fingerprint density at radius 1 is 1.48 bits per heavy atom. The van der Waals surface area contributed by atoms with Crippen LogP contribution >= 0.6 is 0 Å². The number of ether oxygens (including phenoxy) is 1. The van der Waals surface area contributed by atoms with Gasteiger partial charge in [-0.2, -0.15) is 0 Å². The van der Waals surface area contributed by atoms with Crippen molar-refractivity contribution < 1.29 is 9.84 Å². The average Bonchev–Trinajstić information content (AvgIpc) is 2.93. The summed E-state index contributed by atoms with van der Waals surface area (Å²) in [6.45, 7) is 6.48. The maximum Gasteiger partial charge on any atom is 0.392 e. The number of aliphatic imine (C=N–C) groups is 1. The van der Waals surface area contributed by atoms with E-state index in [2.05, 4.69) is 33.3 Å². The molecule has 7 heteroatoms. The number of hydrogen-bond acceptors (Lipinski definition) is 5. The highest BCUT2D eigenvalue weighted by atomic mass is 16.5. The van der Waals surface area contributed by atoms with E-state index in [1.807, 2.05) is 45.6 Å². The number of fused-ring (bicyclic) bond motifs is 1. The normalized spacial score (nSPS) is 17.2. The Morgan fingerprint density at radius 2 is 2.12 bits per heavy atom. The summed E-state index contributed by atoms with van der Waals surface area (Å²) in [6, 6.07) is 8.03. The second kappa shape index (κ2) is 7.82. The van der Waals surface area contributed by atoms with Crippen molar-refractivity contribution in [2.45, 2.75) is 24.9 Å². The Balaban J connectivity index is 2.50. The van der Waals surface area contributed by atoms with Gasteiger partial charge >= 0.3 is 7.55 Å². The van der Waals surface area contributed by atoms with Crippen LogP contribution in [0.2, 0.25) is 0 Å². The molecule has 6 nitrogen and oxygen atoms in total. The van der Waals surface area contributed by atoms with Crippen LogP contribution in [-0.4, -0.2) is 70.3 Å². The minimum absolute atomic E-state index is 0.0931. The van der Waals surface area contributed by atoms with Crippen molar-refractivity contribution in [2.24, 2.45) is 4.99 Å². The van der Waals surface area contributed by atoms with E-state index in [0.717, 1.165) is 11.4 Å². The molecule has 1 heterocycles. The first kappa shape index (κ1) is 19.2. The highest BCUT2D eigenvalue weighted by molar-refractivity contribution is 6.51. The minimum atomic E-state index is -0.755. The van der Waals surface area contributed by atoms with Crippen LogP contribution in [-0.2, 0) is 4.74 Å². The molecule has 0 amide bonds. The van der Waals surface area contributed by atoms with Crippen molar-refractivity contribution in [3.63, 3.8) is 0 Å². The average molecular weight is 343 g/mol. The molecule has 0 aliphatic carbocycles. The van der Waals surface area contributed by atoms with E-state index in [1.165, 1.54) is 0 Å². The van der Waals surface area contributed by atoms with Gasteiger partial charge in [-0.1, -0.05) is 18.7 Å². The summed E-state index contributed by atoms with van der Waals surface area (Å²) in [5.41, 5.74) is 1.37. The Bertz CT molecular complexity index is 639. The van der Waals surface area contributed by atoms with Crippen LogP contribution in [0.25, 0.3) is 0 Å². The van der Waals surface area contributed by atoms with Crippen LogP contribution in [0.1, 0.15) is 13.3 Å². The molecule has 1 aliphatic rings. The smallest absolute Gasteiger partial charge is 0.392 e. The lowest BCUT2D eigenvalue weighted by atomic mass is 9.81. The lowest BCUT2D eigenvalue weighted by Crippen LogP contribution is -2.62. The van der Waals surface area contributed by atoms with Gasteiger partial charge < -0.3 is 24.4 Å². The first-order chi connectivity index (χ1) is 11.9. The summed E-state index contributed by atoms with van der Waals surface area (Å²) < 4.78 is 5.31. The number of aliphatic hydroxyl groups excluding tert-OH is 1. The van der Waals surface area contributed by atoms with Crippen molar-refractivity contribution in [3.8, 4) is 0 Å². The number of rotatable bonds is 8. The van der Waals surface area contributed by atoms with Crippen molar-refractivity contribution in [3.05, 3.63) is 36.6 Å². The zero-order chi connectivity index (χ0) is 18.6. The molecule has 2 atom stereocenters. The third-order valence-corrected chi connectivity index (χ3v) is 4.93. The number of aliphatic hydroxyl groups is 1. The molecule has 1 aliphatic heterocycles. The van der Waals surface area contributed by atoms with E-state index >= 15 is 0 Å². The fourth-order valence-corrected chi connectivity index (χ4v) is 3.50. The maximum absolute atomic E-state index is 10.6. The van der Waals surface area contributed by atoms with E-state index in [0.29, 0.717) is 13.0 Å². The molecule has 25 heavy (non-hydrogen) atoms. The summed E-state index contributed by atoms with van der Waals surface area (Å²) in [4.78, 5) is 10.3. The summed E-state index contributed by atoms with van der Waals surface area (Å²) in [7, 11) is 9.38. The van der Waals surface area contributed by atoms with Crippen LogP contribution in [0, 0.1) is 0 Å². The van der Waals surface area contributed by atoms with Gasteiger partial charge in [0, 0.05) is 39.2 Å². The van der Waals surface area contributed by atoms with Crippen molar-refractivity contribution in [1.29, 1.82) is 0 Å². The summed E-state index contributed by atoms with van der Waals surface area (Å²) in [5.74, 6) is 0.103. The first-order valence-electron chi connectivity index (χ1n) is 8.35. The molecule has 0 fully saturated rings. The number of anilines is 2. The van der Waals surface area contributed by atoms with E-state index in [-0.39, 0.29) is 11.8 Å². The van der Waals surface area contributed by atoms with Crippen LogP contribution in [0.4, 0.5) is 11.4 Å². The Hall–Kier alpha value is -2.15. The van der Waals surface area contributed by atoms with Gasteiger partial charge in [0.1, 0.15) is 11.3 Å². The largest absolute Gasteiger partial charge is 0.510 e.